The molecule has 0 saturated heterocycles. The summed E-state index contributed by atoms with van der Waals surface area (Å²) in [4.78, 5) is 0. The Balaban J connectivity index is 2.22. The van der Waals surface area contributed by atoms with Gasteiger partial charge in [-0.25, -0.2) is 8.78 Å². The van der Waals surface area contributed by atoms with Gasteiger partial charge in [0.05, 0.1) is 0 Å². The molecule has 1 atom stereocenters. The number of hydrogen-bond donors (Lipinski definition) is 1. The van der Waals surface area contributed by atoms with Crippen LogP contribution in [-0.4, -0.2) is 0 Å². The second-order valence-electron chi connectivity index (χ2n) is 5.22. The summed E-state index contributed by atoms with van der Waals surface area (Å²) in [6, 6.07) is 3.27. The maximum Gasteiger partial charge on any atom is 0.126 e. The van der Waals surface area contributed by atoms with Crippen LogP contribution in [0.2, 0.25) is 0 Å². The Morgan fingerprint density at radius 3 is 2.00 bits per heavy atom. The fraction of sp³-hybridized carbons (Fsp3) is 0.625. The maximum absolute atomic E-state index is 13.1. The van der Waals surface area contributed by atoms with Crippen molar-refractivity contribution in [2.24, 2.45) is 5.73 Å². The summed E-state index contributed by atoms with van der Waals surface area (Å²) in [6.07, 6.45) is 9.33. The normalized spacial score (nSPS) is 12.6. The zero-order chi connectivity index (χ0) is 14.1. The van der Waals surface area contributed by atoms with Crippen LogP contribution < -0.4 is 5.73 Å². The van der Waals surface area contributed by atoms with Crippen LogP contribution in [0.5, 0.6) is 0 Å². The first-order valence-corrected chi connectivity index (χ1v) is 7.35. The summed E-state index contributed by atoms with van der Waals surface area (Å²) in [6.45, 7) is 2.21. The molecule has 0 aliphatic carbocycles. The highest BCUT2D eigenvalue weighted by Gasteiger charge is 2.08. The largest absolute Gasteiger partial charge is 0.324 e. The first-order valence-electron chi connectivity index (χ1n) is 7.35. The van der Waals surface area contributed by atoms with Crippen LogP contribution >= 0.6 is 0 Å². The Morgan fingerprint density at radius 2 is 1.42 bits per heavy atom. The Kier molecular flexibility index (Phi) is 7.65. The Bertz CT molecular complexity index is 346. The second kappa shape index (κ2) is 9.03. The molecule has 108 valence electrons. The van der Waals surface area contributed by atoms with Gasteiger partial charge in [-0.2, -0.15) is 0 Å². The number of rotatable bonds is 9. The maximum atomic E-state index is 13.1. The van der Waals surface area contributed by atoms with E-state index in [-0.39, 0.29) is 6.04 Å². The third-order valence-corrected chi connectivity index (χ3v) is 3.43. The van der Waals surface area contributed by atoms with Gasteiger partial charge in [0.25, 0.3) is 0 Å². The summed E-state index contributed by atoms with van der Waals surface area (Å²) in [7, 11) is 0. The quantitative estimate of drug-likeness (QED) is 0.620. The number of benzene rings is 1. The molecule has 2 N–H and O–H groups in total. The molecule has 1 aromatic rings. The lowest BCUT2D eigenvalue weighted by molar-refractivity contribution is 0.531. The van der Waals surface area contributed by atoms with E-state index in [0.717, 1.165) is 25.3 Å². The van der Waals surface area contributed by atoms with Crippen molar-refractivity contribution in [1.82, 2.24) is 0 Å². The Morgan fingerprint density at radius 1 is 0.895 bits per heavy atom. The van der Waals surface area contributed by atoms with Crippen LogP contribution in [0.1, 0.15) is 69.9 Å². The predicted molar refractivity (Wildman–Crippen MR) is 75.9 cm³/mol. The number of hydrogen-bond acceptors (Lipinski definition) is 1. The fourth-order valence-electron chi connectivity index (χ4n) is 2.28. The monoisotopic (exact) mass is 269 g/mol. The van der Waals surface area contributed by atoms with Crippen LogP contribution in [0.3, 0.4) is 0 Å². The average molecular weight is 269 g/mol. The van der Waals surface area contributed by atoms with Crippen molar-refractivity contribution in [1.29, 1.82) is 0 Å². The van der Waals surface area contributed by atoms with Crippen molar-refractivity contribution < 1.29 is 8.78 Å². The van der Waals surface area contributed by atoms with Gasteiger partial charge in [0.15, 0.2) is 0 Å². The van der Waals surface area contributed by atoms with E-state index in [1.807, 2.05) is 0 Å². The van der Waals surface area contributed by atoms with E-state index in [0.29, 0.717) is 5.56 Å². The lowest BCUT2D eigenvalue weighted by atomic mass is 10.00. The molecule has 0 saturated carbocycles. The molecule has 0 aliphatic heterocycles. The Labute approximate surface area is 115 Å². The molecule has 0 heterocycles. The lowest BCUT2D eigenvalue weighted by Gasteiger charge is -2.12. The molecule has 0 fully saturated rings. The second-order valence-corrected chi connectivity index (χ2v) is 5.22. The van der Waals surface area contributed by atoms with Gasteiger partial charge in [0.1, 0.15) is 11.6 Å². The van der Waals surface area contributed by atoms with Crippen LogP contribution in [0, 0.1) is 11.6 Å². The average Bonchev–Trinajstić information content (AvgIpc) is 2.36. The molecule has 1 unspecified atom stereocenters. The molecule has 0 radical (unpaired) electrons. The SMILES string of the molecule is CCCCCCCCCC(N)c1cc(F)cc(F)c1. The van der Waals surface area contributed by atoms with Gasteiger partial charge in [-0.15, -0.1) is 0 Å². The van der Waals surface area contributed by atoms with Crippen molar-refractivity contribution in [3.05, 3.63) is 35.4 Å². The van der Waals surface area contributed by atoms with Crippen molar-refractivity contribution in [3.8, 4) is 0 Å². The molecular weight excluding hydrogens is 244 g/mol. The van der Waals surface area contributed by atoms with E-state index in [2.05, 4.69) is 6.92 Å². The summed E-state index contributed by atoms with van der Waals surface area (Å²) >= 11 is 0. The first-order chi connectivity index (χ1) is 9.13. The van der Waals surface area contributed by atoms with E-state index in [1.165, 1.54) is 44.2 Å². The van der Waals surface area contributed by atoms with Gasteiger partial charge < -0.3 is 5.73 Å². The minimum absolute atomic E-state index is 0.263. The number of nitrogens with two attached hydrogens (primary N) is 1. The molecule has 1 rings (SSSR count). The summed E-state index contributed by atoms with van der Waals surface area (Å²) in [5, 5.41) is 0. The zero-order valence-corrected chi connectivity index (χ0v) is 11.8. The van der Waals surface area contributed by atoms with Crippen molar-refractivity contribution in [2.75, 3.05) is 0 Å². The predicted octanol–water partition coefficient (Wildman–Crippen LogP) is 5.11. The molecule has 0 aromatic heterocycles. The van der Waals surface area contributed by atoms with Gasteiger partial charge >= 0.3 is 0 Å². The van der Waals surface area contributed by atoms with Crippen LogP contribution in [0.15, 0.2) is 18.2 Å². The van der Waals surface area contributed by atoms with E-state index in [9.17, 15) is 8.78 Å². The highest BCUT2D eigenvalue weighted by atomic mass is 19.1. The smallest absolute Gasteiger partial charge is 0.126 e. The van der Waals surface area contributed by atoms with Crippen molar-refractivity contribution in [2.45, 2.75) is 64.3 Å². The van der Waals surface area contributed by atoms with Crippen molar-refractivity contribution >= 4 is 0 Å². The molecule has 1 nitrogen and oxygen atoms in total. The van der Waals surface area contributed by atoms with Gasteiger partial charge in [-0.1, -0.05) is 51.9 Å². The highest BCUT2D eigenvalue weighted by molar-refractivity contribution is 5.20. The molecule has 1 aromatic carbocycles. The van der Waals surface area contributed by atoms with Crippen LogP contribution in [0.25, 0.3) is 0 Å². The standard InChI is InChI=1S/C16H25F2N/c1-2-3-4-5-6-7-8-9-16(19)13-10-14(17)12-15(18)11-13/h10-12,16H,2-9,19H2,1H3. The van der Waals surface area contributed by atoms with E-state index >= 15 is 0 Å². The van der Waals surface area contributed by atoms with Gasteiger partial charge in [0.2, 0.25) is 0 Å². The minimum Gasteiger partial charge on any atom is -0.324 e. The Hall–Kier alpha value is -0.960. The van der Waals surface area contributed by atoms with E-state index < -0.39 is 11.6 Å². The number of unbranched alkanes of at least 4 members (excludes halogenated alkanes) is 6. The topological polar surface area (TPSA) is 26.0 Å². The van der Waals surface area contributed by atoms with Crippen molar-refractivity contribution in [3.63, 3.8) is 0 Å². The molecule has 19 heavy (non-hydrogen) atoms. The third-order valence-electron chi connectivity index (χ3n) is 3.43. The lowest BCUT2D eigenvalue weighted by Crippen LogP contribution is -2.10. The van der Waals surface area contributed by atoms with E-state index in [1.54, 1.807) is 0 Å². The third kappa shape index (κ3) is 6.67. The van der Waals surface area contributed by atoms with Gasteiger partial charge in [-0.05, 0) is 24.1 Å². The summed E-state index contributed by atoms with van der Waals surface area (Å²) < 4.78 is 26.1. The molecular formula is C16H25F2N. The van der Waals surface area contributed by atoms with E-state index in [4.69, 9.17) is 5.73 Å². The van der Waals surface area contributed by atoms with Gasteiger partial charge in [-0.3, -0.25) is 0 Å². The molecule has 0 aliphatic rings. The molecule has 3 heteroatoms. The molecule has 0 bridgehead atoms. The van der Waals surface area contributed by atoms with Crippen LogP contribution in [0.4, 0.5) is 8.78 Å². The number of halogens is 2. The molecule has 0 spiro atoms. The minimum atomic E-state index is -0.551. The highest BCUT2D eigenvalue weighted by Crippen LogP contribution is 2.20. The summed E-state index contributed by atoms with van der Waals surface area (Å²) in [5.41, 5.74) is 6.52. The summed E-state index contributed by atoms with van der Waals surface area (Å²) in [5.74, 6) is -1.10. The van der Waals surface area contributed by atoms with Crippen LogP contribution in [-0.2, 0) is 0 Å². The molecule has 0 amide bonds. The fourth-order valence-corrected chi connectivity index (χ4v) is 2.28. The van der Waals surface area contributed by atoms with Gasteiger partial charge in [0, 0.05) is 12.1 Å². The zero-order valence-electron chi connectivity index (χ0n) is 11.8. The first kappa shape index (κ1) is 16.1.